The lowest BCUT2D eigenvalue weighted by atomic mass is 9.70. The van der Waals surface area contributed by atoms with Crippen LogP contribution in [0, 0.1) is 0 Å². The van der Waals surface area contributed by atoms with E-state index in [0.29, 0.717) is 0 Å². The molecule has 2 aliphatic rings. The van der Waals surface area contributed by atoms with Crippen molar-refractivity contribution in [2.45, 2.75) is 5.41 Å². The van der Waals surface area contributed by atoms with Gasteiger partial charge in [-0.25, -0.2) is 0 Å². The molecule has 0 saturated heterocycles. The van der Waals surface area contributed by atoms with Gasteiger partial charge in [0.05, 0.1) is 16.8 Å². The molecule has 2 aromatic heterocycles. The largest absolute Gasteiger partial charge is 0.456 e. The van der Waals surface area contributed by atoms with Gasteiger partial charge >= 0.3 is 0 Å². The molecule has 3 nitrogen and oxygen atoms in total. The van der Waals surface area contributed by atoms with Crippen molar-refractivity contribution in [1.29, 1.82) is 0 Å². The lowest BCUT2D eigenvalue weighted by Crippen LogP contribution is -2.26. The zero-order chi connectivity index (χ0) is 40.5. The minimum Gasteiger partial charge on any atom is -0.456 e. The predicted molar refractivity (Wildman–Crippen MR) is 255 cm³/mol. The van der Waals surface area contributed by atoms with Crippen molar-refractivity contribution >= 4 is 71.7 Å². The van der Waals surface area contributed by atoms with Crippen LogP contribution in [-0.2, 0) is 5.41 Å². The summed E-state index contributed by atoms with van der Waals surface area (Å²) < 4.78 is 13.5. The van der Waals surface area contributed by atoms with Crippen LogP contribution in [0.2, 0.25) is 0 Å². The van der Waals surface area contributed by atoms with E-state index >= 15 is 0 Å². The van der Waals surface area contributed by atoms with E-state index in [4.69, 9.17) is 8.83 Å². The van der Waals surface area contributed by atoms with Crippen molar-refractivity contribution < 1.29 is 8.83 Å². The molecule has 0 N–H and O–H groups in total. The van der Waals surface area contributed by atoms with Gasteiger partial charge in [0.15, 0.2) is 5.58 Å². The number of anilines is 3. The maximum absolute atomic E-state index is 6.88. The Morgan fingerprint density at radius 2 is 0.871 bits per heavy atom. The van der Waals surface area contributed by atoms with E-state index in [1.54, 1.807) is 0 Å². The van der Waals surface area contributed by atoms with E-state index in [2.05, 4.69) is 211 Å². The van der Waals surface area contributed by atoms with Crippen molar-refractivity contribution in [3.8, 4) is 33.4 Å². The maximum atomic E-state index is 6.88. The summed E-state index contributed by atoms with van der Waals surface area (Å²) in [5, 5.41) is 6.74. The Labute approximate surface area is 357 Å². The Morgan fingerprint density at radius 3 is 1.63 bits per heavy atom. The maximum Gasteiger partial charge on any atom is 0.159 e. The molecule has 14 rings (SSSR count). The first-order chi connectivity index (χ1) is 30.8. The number of benzene rings is 10. The lowest BCUT2D eigenvalue weighted by molar-refractivity contribution is 0.669. The lowest BCUT2D eigenvalue weighted by Gasteiger charge is -2.32. The van der Waals surface area contributed by atoms with E-state index in [9.17, 15) is 0 Å². The van der Waals surface area contributed by atoms with Crippen LogP contribution in [0.1, 0.15) is 22.3 Å². The summed E-state index contributed by atoms with van der Waals surface area (Å²) in [5.74, 6) is 0. The van der Waals surface area contributed by atoms with Crippen molar-refractivity contribution in [3.05, 3.63) is 235 Å². The molecule has 0 aliphatic heterocycles. The highest BCUT2D eigenvalue weighted by Gasteiger charge is 2.51. The highest BCUT2D eigenvalue weighted by molar-refractivity contribution is 6.17. The van der Waals surface area contributed by atoms with Crippen LogP contribution >= 0.6 is 0 Å². The molecule has 0 amide bonds. The minimum atomic E-state index is -0.490. The van der Waals surface area contributed by atoms with Crippen LogP contribution in [0.3, 0.4) is 0 Å². The first kappa shape index (κ1) is 33.7. The molecule has 0 fully saturated rings. The van der Waals surface area contributed by atoms with Gasteiger partial charge in [0.2, 0.25) is 0 Å². The quantitative estimate of drug-likeness (QED) is 0.178. The summed E-state index contributed by atoms with van der Waals surface area (Å²) in [6, 6.07) is 77.3. The molecule has 0 radical (unpaired) electrons. The Bertz CT molecular complexity index is 3780. The van der Waals surface area contributed by atoms with Gasteiger partial charge < -0.3 is 13.7 Å². The normalized spacial score (nSPS) is 13.3. The van der Waals surface area contributed by atoms with Crippen LogP contribution in [-0.4, -0.2) is 0 Å². The van der Waals surface area contributed by atoms with Gasteiger partial charge in [0, 0.05) is 32.8 Å². The number of nitrogens with zero attached hydrogens (tertiary/aromatic N) is 1. The van der Waals surface area contributed by atoms with Crippen LogP contribution in [0.5, 0.6) is 0 Å². The third-order valence-electron chi connectivity index (χ3n) is 13.7. The summed E-state index contributed by atoms with van der Waals surface area (Å²) in [6.45, 7) is 0. The molecule has 2 aliphatic carbocycles. The second-order valence-corrected chi connectivity index (χ2v) is 16.7. The summed E-state index contributed by atoms with van der Waals surface area (Å²) in [5.41, 5.74) is 18.6. The molecule has 1 spiro atoms. The third-order valence-corrected chi connectivity index (χ3v) is 13.7. The van der Waals surface area contributed by atoms with Crippen molar-refractivity contribution in [2.24, 2.45) is 0 Å². The summed E-state index contributed by atoms with van der Waals surface area (Å²) >= 11 is 0. The fourth-order valence-corrected chi connectivity index (χ4v) is 11.2. The van der Waals surface area contributed by atoms with Crippen molar-refractivity contribution in [3.63, 3.8) is 0 Å². The Hall–Kier alpha value is -8.14. The second kappa shape index (κ2) is 12.4. The first-order valence-corrected chi connectivity index (χ1v) is 21.3. The van der Waals surface area contributed by atoms with Gasteiger partial charge in [-0.15, -0.1) is 0 Å². The van der Waals surface area contributed by atoms with Crippen molar-refractivity contribution in [2.75, 3.05) is 4.90 Å². The molecule has 0 saturated carbocycles. The number of hydrogen-bond donors (Lipinski definition) is 0. The van der Waals surface area contributed by atoms with Gasteiger partial charge in [0.1, 0.15) is 16.7 Å². The van der Waals surface area contributed by atoms with Crippen LogP contribution in [0.15, 0.2) is 221 Å². The van der Waals surface area contributed by atoms with E-state index in [0.717, 1.165) is 77.5 Å². The molecule has 3 heteroatoms. The van der Waals surface area contributed by atoms with Crippen LogP contribution in [0.25, 0.3) is 88.0 Å². The molecule has 10 aromatic carbocycles. The number of furan rings is 2. The summed E-state index contributed by atoms with van der Waals surface area (Å²) in [6.07, 6.45) is 0. The molecule has 288 valence electrons. The number of para-hydroxylation sites is 3. The zero-order valence-corrected chi connectivity index (χ0v) is 33.5. The second-order valence-electron chi connectivity index (χ2n) is 16.7. The van der Waals surface area contributed by atoms with E-state index in [1.165, 1.54) is 49.9 Å². The summed E-state index contributed by atoms with van der Waals surface area (Å²) in [4.78, 5) is 2.43. The Balaban J connectivity index is 1.08. The van der Waals surface area contributed by atoms with Gasteiger partial charge in [0.25, 0.3) is 0 Å². The number of hydrogen-bond acceptors (Lipinski definition) is 3. The van der Waals surface area contributed by atoms with Crippen LogP contribution in [0.4, 0.5) is 17.1 Å². The minimum absolute atomic E-state index is 0.490. The first-order valence-electron chi connectivity index (χ1n) is 21.3. The van der Waals surface area contributed by atoms with E-state index in [-0.39, 0.29) is 0 Å². The summed E-state index contributed by atoms with van der Waals surface area (Å²) in [7, 11) is 0. The van der Waals surface area contributed by atoms with Crippen molar-refractivity contribution in [1.82, 2.24) is 0 Å². The molecule has 12 aromatic rings. The number of fused-ring (bicyclic) bond motifs is 17. The average Bonchev–Trinajstić information content (AvgIpc) is 4.06. The van der Waals surface area contributed by atoms with Gasteiger partial charge in [-0.3, -0.25) is 0 Å². The monoisotopic (exact) mass is 789 g/mol. The van der Waals surface area contributed by atoms with E-state index in [1.807, 2.05) is 6.07 Å². The fraction of sp³-hybridized carbons (Fsp3) is 0.0169. The highest BCUT2D eigenvalue weighted by atomic mass is 16.3. The molecular weight excluding hydrogens is 755 g/mol. The standard InChI is InChI=1S/C59H35NO2/c1-2-16-37-34-56-47(33-36(37)15-1)57-45(22-14-30-55(57)61-56)43-20-6-11-27-52(43)60(53-28-13-23-46-44-21-7-12-29-54(44)62-58(46)53)38-31-32-42-41-19-5-10-26-50(41)59(51(42)35-38)48-24-8-3-17-39(48)40-18-4-9-25-49(40)59/h1-35H. The topological polar surface area (TPSA) is 29.5 Å². The smallest absolute Gasteiger partial charge is 0.159 e. The molecule has 2 heterocycles. The zero-order valence-electron chi connectivity index (χ0n) is 33.5. The average molecular weight is 790 g/mol. The van der Waals surface area contributed by atoms with Crippen LogP contribution < -0.4 is 4.90 Å². The molecular formula is C59H35NO2. The Kier molecular flexibility index (Phi) is 6.76. The molecule has 0 unspecified atom stereocenters. The number of rotatable bonds is 4. The third kappa shape index (κ3) is 4.39. The highest BCUT2D eigenvalue weighted by Crippen LogP contribution is 2.63. The van der Waals surface area contributed by atoms with Gasteiger partial charge in [-0.1, -0.05) is 164 Å². The molecule has 62 heavy (non-hydrogen) atoms. The Morgan fingerprint density at radius 1 is 0.323 bits per heavy atom. The fourth-order valence-electron chi connectivity index (χ4n) is 11.2. The van der Waals surface area contributed by atoms with Gasteiger partial charge in [-0.05, 0) is 109 Å². The SMILES string of the molecule is c1ccc(N(c2ccc3c(c2)C2(c4ccccc4-c4ccccc42)c2ccccc2-3)c2cccc3c2oc2ccccc23)c(-c2cccc3oc4cc5ccccc5cc4c23)c1. The predicted octanol–water partition coefficient (Wildman–Crippen LogP) is 16.1. The molecule has 0 atom stereocenters. The van der Waals surface area contributed by atoms with E-state index < -0.39 is 5.41 Å². The molecule has 0 bridgehead atoms. The van der Waals surface area contributed by atoms with Gasteiger partial charge in [-0.2, -0.15) is 0 Å².